The Morgan fingerprint density at radius 1 is 1.43 bits per heavy atom. The second-order valence-corrected chi connectivity index (χ2v) is 5.62. The lowest BCUT2D eigenvalue weighted by molar-refractivity contribution is -0.116. The molecule has 3 N–H and O–H groups in total. The fourth-order valence-corrected chi connectivity index (χ4v) is 2.14. The average molecular weight is 341 g/mol. The van der Waals surface area contributed by atoms with Gasteiger partial charge in [0.2, 0.25) is 5.91 Å². The summed E-state index contributed by atoms with van der Waals surface area (Å²) in [5.41, 5.74) is 1.60. The van der Waals surface area contributed by atoms with E-state index in [1.165, 1.54) is 0 Å². The molecule has 6 nitrogen and oxygen atoms in total. The van der Waals surface area contributed by atoms with E-state index >= 15 is 0 Å². The second kappa shape index (κ2) is 10.1. The largest absolute Gasteiger partial charge is 0.383 e. The van der Waals surface area contributed by atoms with Crippen molar-refractivity contribution >= 4 is 29.2 Å². The lowest BCUT2D eigenvalue weighted by Crippen LogP contribution is -2.44. The Morgan fingerprint density at radius 3 is 2.83 bits per heavy atom. The number of methoxy groups -OCH3 is 1. The van der Waals surface area contributed by atoms with Gasteiger partial charge in [0.25, 0.3) is 0 Å². The highest BCUT2D eigenvalue weighted by Crippen LogP contribution is 2.22. The first kappa shape index (κ1) is 19.3. The average Bonchev–Trinajstić information content (AvgIpc) is 2.51. The molecule has 0 heterocycles. The number of rotatable bonds is 7. The highest BCUT2D eigenvalue weighted by Gasteiger charge is 2.08. The number of guanidine groups is 1. The molecule has 7 heteroatoms. The first-order valence-electron chi connectivity index (χ1n) is 7.49. The summed E-state index contributed by atoms with van der Waals surface area (Å²) < 4.78 is 5.06. The molecule has 0 aliphatic carbocycles. The molecule has 0 saturated carbocycles. The van der Waals surface area contributed by atoms with Crippen LogP contribution in [0.5, 0.6) is 0 Å². The second-order valence-electron chi connectivity index (χ2n) is 5.21. The quantitative estimate of drug-likeness (QED) is 0.525. The van der Waals surface area contributed by atoms with Gasteiger partial charge in [0.05, 0.1) is 6.61 Å². The van der Waals surface area contributed by atoms with Gasteiger partial charge in [-0.3, -0.25) is 9.79 Å². The molecule has 23 heavy (non-hydrogen) atoms. The minimum Gasteiger partial charge on any atom is -0.383 e. The SMILES string of the molecule is CN=C(NCCC(=O)Nc1cccc(Cl)c1C)NC(C)COC. The van der Waals surface area contributed by atoms with Crippen molar-refractivity contribution in [3.05, 3.63) is 28.8 Å². The van der Waals surface area contributed by atoms with Gasteiger partial charge in [0, 0.05) is 43.9 Å². The number of aliphatic imine (C=N–C) groups is 1. The Balaban J connectivity index is 2.40. The molecule has 0 bridgehead atoms. The number of anilines is 1. The smallest absolute Gasteiger partial charge is 0.226 e. The van der Waals surface area contributed by atoms with Gasteiger partial charge in [-0.1, -0.05) is 17.7 Å². The maximum absolute atomic E-state index is 12.0. The van der Waals surface area contributed by atoms with Gasteiger partial charge < -0.3 is 20.7 Å². The molecule has 1 unspecified atom stereocenters. The van der Waals surface area contributed by atoms with Crippen LogP contribution in [0.3, 0.4) is 0 Å². The van der Waals surface area contributed by atoms with Crippen molar-refractivity contribution in [2.45, 2.75) is 26.3 Å². The van der Waals surface area contributed by atoms with Gasteiger partial charge in [-0.2, -0.15) is 0 Å². The van der Waals surface area contributed by atoms with Crippen LogP contribution in [0.1, 0.15) is 18.9 Å². The maximum Gasteiger partial charge on any atom is 0.226 e. The minimum absolute atomic E-state index is 0.0803. The molecule has 1 rings (SSSR count). The summed E-state index contributed by atoms with van der Waals surface area (Å²) >= 11 is 6.04. The van der Waals surface area contributed by atoms with E-state index in [1.807, 2.05) is 26.0 Å². The van der Waals surface area contributed by atoms with Crippen LogP contribution in [0.4, 0.5) is 5.69 Å². The van der Waals surface area contributed by atoms with E-state index in [-0.39, 0.29) is 11.9 Å². The van der Waals surface area contributed by atoms with Gasteiger partial charge in [0.15, 0.2) is 5.96 Å². The maximum atomic E-state index is 12.0. The van der Waals surface area contributed by atoms with Gasteiger partial charge in [-0.15, -0.1) is 0 Å². The molecule has 0 fully saturated rings. The number of hydrogen-bond acceptors (Lipinski definition) is 3. The number of hydrogen-bond donors (Lipinski definition) is 3. The number of nitrogens with one attached hydrogen (secondary N) is 3. The first-order valence-corrected chi connectivity index (χ1v) is 7.86. The van der Waals surface area contributed by atoms with E-state index in [4.69, 9.17) is 16.3 Å². The topological polar surface area (TPSA) is 74.8 Å². The molecule has 0 radical (unpaired) electrons. The minimum atomic E-state index is -0.0803. The van der Waals surface area contributed by atoms with Crippen LogP contribution in [0.25, 0.3) is 0 Å². The molecular weight excluding hydrogens is 316 g/mol. The van der Waals surface area contributed by atoms with E-state index in [9.17, 15) is 4.79 Å². The number of benzene rings is 1. The van der Waals surface area contributed by atoms with Crippen LogP contribution in [-0.2, 0) is 9.53 Å². The Hall–Kier alpha value is -1.79. The number of amides is 1. The third kappa shape index (κ3) is 6.88. The number of carbonyl (C=O) groups is 1. The standard InChI is InChI=1S/C16H25ClN4O2/c1-11(10-23-4)20-16(18-3)19-9-8-15(22)21-14-7-5-6-13(17)12(14)2/h5-7,11H,8-10H2,1-4H3,(H,21,22)(H2,18,19,20). The van der Waals surface area contributed by atoms with Gasteiger partial charge in [-0.05, 0) is 31.5 Å². The predicted octanol–water partition coefficient (Wildman–Crippen LogP) is 2.18. The highest BCUT2D eigenvalue weighted by atomic mass is 35.5. The molecule has 1 aromatic rings. The summed E-state index contributed by atoms with van der Waals surface area (Å²) in [4.78, 5) is 16.1. The van der Waals surface area contributed by atoms with Gasteiger partial charge in [0.1, 0.15) is 0 Å². The highest BCUT2D eigenvalue weighted by molar-refractivity contribution is 6.31. The summed E-state index contributed by atoms with van der Waals surface area (Å²) in [7, 11) is 3.33. The number of carbonyl (C=O) groups excluding carboxylic acids is 1. The lowest BCUT2D eigenvalue weighted by atomic mass is 10.2. The van der Waals surface area contributed by atoms with E-state index in [0.717, 1.165) is 11.3 Å². The third-order valence-electron chi connectivity index (χ3n) is 3.21. The zero-order valence-electron chi connectivity index (χ0n) is 14.1. The van der Waals surface area contributed by atoms with E-state index < -0.39 is 0 Å². The van der Waals surface area contributed by atoms with Crippen LogP contribution in [0.15, 0.2) is 23.2 Å². The molecule has 0 aromatic heterocycles. The predicted molar refractivity (Wildman–Crippen MR) is 95.3 cm³/mol. The summed E-state index contributed by atoms with van der Waals surface area (Å²) in [6.45, 7) is 4.92. The zero-order valence-corrected chi connectivity index (χ0v) is 14.8. The summed E-state index contributed by atoms with van der Waals surface area (Å²) in [6, 6.07) is 5.57. The van der Waals surface area contributed by atoms with Crippen molar-refractivity contribution in [2.75, 3.05) is 32.6 Å². The van der Waals surface area contributed by atoms with E-state index in [1.54, 1.807) is 20.2 Å². The van der Waals surface area contributed by atoms with E-state index in [2.05, 4.69) is 20.9 Å². The van der Waals surface area contributed by atoms with Crippen molar-refractivity contribution in [1.29, 1.82) is 0 Å². The molecule has 0 aliphatic heterocycles. The fraction of sp³-hybridized carbons (Fsp3) is 0.500. The van der Waals surface area contributed by atoms with Crippen LogP contribution < -0.4 is 16.0 Å². The molecule has 128 valence electrons. The Morgan fingerprint density at radius 2 is 2.17 bits per heavy atom. The van der Waals surface area contributed by atoms with Crippen molar-refractivity contribution in [1.82, 2.24) is 10.6 Å². The molecule has 1 atom stereocenters. The first-order chi connectivity index (χ1) is 11.0. The zero-order chi connectivity index (χ0) is 17.2. The van der Waals surface area contributed by atoms with Crippen molar-refractivity contribution in [3.8, 4) is 0 Å². The van der Waals surface area contributed by atoms with Crippen LogP contribution >= 0.6 is 11.6 Å². The van der Waals surface area contributed by atoms with Crippen LogP contribution in [0, 0.1) is 6.92 Å². The molecule has 0 saturated heterocycles. The van der Waals surface area contributed by atoms with Crippen LogP contribution in [0.2, 0.25) is 5.02 Å². The van der Waals surface area contributed by atoms with Gasteiger partial charge >= 0.3 is 0 Å². The monoisotopic (exact) mass is 340 g/mol. The fourth-order valence-electron chi connectivity index (χ4n) is 1.97. The summed E-state index contributed by atoms with van der Waals surface area (Å²) in [5, 5.41) is 9.77. The molecular formula is C16H25ClN4O2. The normalized spacial score (nSPS) is 12.7. The Labute approximate surface area is 142 Å². The molecule has 0 spiro atoms. The van der Waals surface area contributed by atoms with Crippen molar-refractivity contribution < 1.29 is 9.53 Å². The number of halogens is 1. The Kier molecular flexibility index (Phi) is 8.43. The summed E-state index contributed by atoms with van der Waals surface area (Å²) in [5.74, 6) is 0.560. The third-order valence-corrected chi connectivity index (χ3v) is 3.62. The van der Waals surface area contributed by atoms with Gasteiger partial charge in [-0.25, -0.2) is 0 Å². The molecule has 1 amide bonds. The number of ether oxygens (including phenoxy) is 1. The molecule has 1 aromatic carbocycles. The van der Waals surface area contributed by atoms with E-state index in [0.29, 0.717) is 30.6 Å². The molecule has 0 aliphatic rings. The summed E-state index contributed by atoms with van der Waals surface area (Å²) in [6.07, 6.45) is 0.325. The van der Waals surface area contributed by atoms with Crippen LogP contribution in [-0.4, -0.2) is 45.2 Å². The number of nitrogens with zero attached hydrogens (tertiary/aromatic N) is 1. The van der Waals surface area contributed by atoms with Crippen molar-refractivity contribution in [2.24, 2.45) is 4.99 Å². The van der Waals surface area contributed by atoms with Crippen molar-refractivity contribution in [3.63, 3.8) is 0 Å². The Bertz CT molecular complexity index is 549. The lowest BCUT2D eigenvalue weighted by Gasteiger charge is -2.17.